The molecule has 1 aliphatic heterocycles. The lowest BCUT2D eigenvalue weighted by Gasteiger charge is -2.25. The number of hydrogen-bond donors (Lipinski definition) is 0. The Labute approximate surface area is 253 Å². The summed E-state index contributed by atoms with van der Waals surface area (Å²) >= 11 is 8.33. The zero-order valence-electron chi connectivity index (χ0n) is 22.9. The van der Waals surface area contributed by atoms with E-state index in [1.54, 1.807) is 30.6 Å². The fourth-order valence-corrected chi connectivity index (χ4v) is 6.88. The molecule has 0 fully saturated rings. The van der Waals surface area contributed by atoms with Crippen LogP contribution in [0.25, 0.3) is 6.08 Å². The maximum Gasteiger partial charge on any atom is 0.338 e. The van der Waals surface area contributed by atoms with Gasteiger partial charge in [-0.3, -0.25) is 9.36 Å². The third-order valence-electron chi connectivity index (χ3n) is 6.01. The van der Waals surface area contributed by atoms with Gasteiger partial charge in [-0.2, -0.15) is 0 Å². The molecule has 0 unspecified atom stereocenters. The van der Waals surface area contributed by atoms with Crippen molar-refractivity contribution in [3.63, 3.8) is 0 Å². The van der Waals surface area contributed by atoms with Crippen molar-refractivity contribution in [2.24, 2.45) is 4.99 Å². The number of allylic oxidation sites excluding steroid dienone is 1. The number of esters is 1. The molecule has 8 nitrogen and oxygen atoms in total. The summed E-state index contributed by atoms with van der Waals surface area (Å²) in [4.78, 5) is 32.4. The lowest BCUT2D eigenvalue weighted by atomic mass is 9.95. The van der Waals surface area contributed by atoms with E-state index in [1.165, 1.54) is 11.3 Å². The Morgan fingerprint density at radius 1 is 1.00 bits per heavy atom. The monoisotopic (exact) mass is 692 g/mol. The highest BCUT2D eigenvalue weighted by Crippen LogP contribution is 2.37. The second-order valence-corrected chi connectivity index (χ2v) is 11.4. The van der Waals surface area contributed by atoms with Crippen LogP contribution in [0.1, 0.15) is 51.8 Å². The van der Waals surface area contributed by atoms with E-state index >= 15 is 0 Å². The number of ether oxygens (including phenoxy) is 4. The fraction of sp³-hybridized carbons (Fsp3) is 0.345. The topological polar surface area (TPSA) is 88.4 Å². The number of thiazole rings is 1. The Morgan fingerprint density at radius 3 is 2.38 bits per heavy atom. The van der Waals surface area contributed by atoms with Gasteiger partial charge in [-0.15, -0.1) is 0 Å². The van der Waals surface area contributed by atoms with Gasteiger partial charge in [0.25, 0.3) is 5.56 Å². The first-order valence-electron chi connectivity index (χ1n) is 12.9. The first kappa shape index (κ1) is 30.1. The van der Waals surface area contributed by atoms with Gasteiger partial charge in [0.1, 0.15) is 5.75 Å². The van der Waals surface area contributed by atoms with Crippen LogP contribution in [-0.2, 0) is 9.53 Å². The Balaban J connectivity index is 1.98. The number of fused-ring (bicyclic) bond motifs is 1. The summed E-state index contributed by atoms with van der Waals surface area (Å²) in [6, 6.07) is 8.46. The second kappa shape index (κ2) is 13.2. The summed E-state index contributed by atoms with van der Waals surface area (Å²) in [5.41, 5.74) is 1.91. The quantitative estimate of drug-likeness (QED) is 0.260. The molecule has 0 bridgehead atoms. The predicted octanol–water partition coefficient (Wildman–Crippen LogP) is 5.52. The number of carbonyl (C=O) groups excluding carboxylic acids is 1. The average molecular weight is 694 g/mol. The third-order valence-corrected chi connectivity index (χ3v) is 8.04. The number of aromatic nitrogens is 1. The number of benzene rings is 2. The highest BCUT2D eigenvalue weighted by atomic mass is 79.9. The molecule has 0 N–H and O–H groups in total. The number of halogens is 2. The number of nitrogens with zero attached hydrogens (tertiary/aromatic N) is 2. The van der Waals surface area contributed by atoms with Crippen LogP contribution >= 0.6 is 43.2 Å². The number of hydrogen-bond acceptors (Lipinski definition) is 8. The molecule has 212 valence electrons. The molecular formula is C29H30Br2N2O6S. The molecule has 3 aromatic rings. The zero-order valence-corrected chi connectivity index (χ0v) is 26.9. The molecule has 0 aliphatic carbocycles. The van der Waals surface area contributed by atoms with Gasteiger partial charge in [-0.05, 0) is 86.5 Å². The van der Waals surface area contributed by atoms with Gasteiger partial charge in [-0.1, -0.05) is 33.3 Å². The van der Waals surface area contributed by atoms with Gasteiger partial charge in [0.15, 0.2) is 16.3 Å². The van der Waals surface area contributed by atoms with E-state index in [1.807, 2.05) is 45.0 Å². The molecule has 0 spiro atoms. The molecule has 0 saturated heterocycles. The fourth-order valence-electron chi connectivity index (χ4n) is 4.47. The largest absolute Gasteiger partial charge is 0.492 e. The summed E-state index contributed by atoms with van der Waals surface area (Å²) in [6.45, 7) is 10.7. The van der Waals surface area contributed by atoms with Crippen molar-refractivity contribution in [1.29, 1.82) is 0 Å². The van der Waals surface area contributed by atoms with Crippen molar-refractivity contribution in [3.05, 3.63) is 81.4 Å². The van der Waals surface area contributed by atoms with E-state index in [4.69, 9.17) is 18.9 Å². The summed E-state index contributed by atoms with van der Waals surface area (Å²) in [6.07, 6.45) is 1.79. The Morgan fingerprint density at radius 2 is 1.70 bits per heavy atom. The molecule has 0 saturated carbocycles. The van der Waals surface area contributed by atoms with Crippen LogP contribution in [0.4, 0.5) is 0 Å². The van der Waals surface area contributed by atoms with E-state index in [2.05, 4.69) is 36.9 Å². The van der Waals surface area contributed by atoms with E-state index in [-0.39, 0.29) is 12.2 Å². The maximum atomic E-state index is 14.0. The second-order valence-electron chi connectivity index (χ2n) is 8.61. The summed E-state index contributed by atoms with van der Waals surface area (Å²) in [7, 11) is 0. The van der Waals surface area contributed by atoms with Gasteiger partial charge in [-0.25, -0.2) is 9.79 Å². The highest BCUT2D eigenvalue weighted by molar-refractivity contribution is 9.11. The summed E-state index contributed by atoms with van der Waals surface area (Å²) in [5, 5.41) is 0. The van der Waals surface area contributed by atoms with Crippen LogP contribution in [0, 0.1) is 0 Å². The van der Waals surface area contributed by atoms with Crippen LogP contribution in [-0.4, -0.2) is 37.0 Å². The van der Waals surface area contributed by atoms with Crippen LogP contribution < -0.4 is 29.1 Å². The third kappa shape index (κ3) is 6.06. The molecule has 1 aliphatic rings. The van der Waals surface area contributed by atoms with Crippen molar-refractivity contribution in [2.75, 3.05) is 26.4 Å². The predicted molar refractivity (Wildman–Crippen MR) is 162 cm³/mol. The molecule has 2 aromatic carbocycles. The first-order valence-corrected chi connectivity index (χ1v) is 15.3. The van der Waals surface area contributed by atoms with Crippen molar-refractivity contribution in [1.82, 2.24) is 4.57 Å². The molecule has 0 amide bonds. The van der Waals surface area contributed by atoms with E-state index in [9.17, 15) is 9.59 Å². The van der Waals surface area contributed by atoms with Crippen LogP contribution in [0.15, 0.2) is 60.3 Å². The number of carbonyl (C=O) groups is 1. The molecule has 2 heterocycles. The van der Waals surface area contributed by atoms with E-state index < -0.39 is 12.0 Å². The molecule has 11 heteroatoms. The Kier molecular flexibility index (Phi) is 9.91. The van der Waals surface area contributed by atoms with Gasteiger partial charge < -0.3 is 18.9 Å². The Bertz CT molecular complexity index is 1640. The lowest BCUT2D eigenvalue weighted by molar-refractivity contribution is -0.139. The van der Waals surface area contributed by atoms with Crippen LogP contribution in [0.3, 0.4) is 0 Å². The highest BCUT2D eigenvalue weighted by Gasteiger charge is 2.34. The minimum atomic E-state index is -0.770. The number of rotatable bonds is 10. The normalized spacial score (nSPS) is 15.0. The molecule has 4 rings (SSSR count). The van der Waals surface area contributed by atoms with Crippen LogP contribution in [0.2, 0.25) is 0 Å². The smallest absolute Gasteiger partial charge is 0.338 e. The standard InChI is InChI=1S/C29H30Br2N2O6S/c1-6-36-21-11-10-17(13-22(21)37-7-2)25-24(28(35)39-9-4)16(5)32-29-33(25)27(34)23(40-29)14-18-12-19(30)15-20(31)26(18)38-8-3/h10-15,25H,6-9H2,1-5H3/b23-14-/t25-/m1/s1. The maximum absolute atomic E-state index is 14.0. The minimum absolute atomic E-state index is 0.193. The van der Waals surface area contributed by atoms with Crippen molar-refractivity contribution in [2.45, 2.75) is 40.7 Å². The minimum Gasteiger partial charge on any atom is -0.492 e. The van der Waals surface area contributed by atoms with Crippen molar-refractivity contribution >= 4 is 55.2 Å². The molecule has 40 heavy (non-hydrogen) atoms. The summed E-state index contributed by atoms with van der Waals surface area (Å²) in [5.74, 6) is 1.22. The molecule has 1 aromatic heterocycles. The Hall–Kier alpha value is -2.89. The average Bonchev–Trinajstić information content (AvgIpc) is 3.20. The van der Waals surface area contributed by atoms with Gasteiger partial charge in [0.2, 0.25) is 0 Å². The molecule has 0 radical (unpaired) electrons. The van der Waals surface area contributed by atoms with Gasteiger partial charge in [0.05, 0.1) is 52.7 Å². The first-order chi connectivity index (χ1) is 19.2. The molecular weight excluding hydrogens is 664 g/mol. The lowest BCUT2D eigenvalue weighted by Crippen LogP contribution is -2.40. The van der Waals surface area contributed by atoms with E-state index in [0.29, 0.717) is 63.2 Å². The van der Waals surface area contributed by atoms with E-state index in [0.717, 1.165) is 14.5 Å². The van der Waals surface area contributed by atoms with Crippen LogP contribution in [0.5, 0.6) is 17.2 Å². The van der Waals surface area contributed by atoms with Crippen molar-refractivity contribution in [3.8, 4) is 17.2 Å². The van der Waals surface area contributed by atoms with Gasteiger partial charge in [0, 0.05) is 10.0 Å². The molecule has 1 atom stereocenters. The SMILES string of the molecule is CCOC(=O)C1=C(C)N=c2s/c(=C\c3cc(Br)cc(Br)c3OCC)c(=O)n2[C@@H]1c1ccc(OCC)c(OCC)c1. The van der Waals surface area contributed by atoms with Gasteiger partial charge >= 0.3 is 5.97 Å². The zero-order chi connectivity index (χ0) is 29.0. The van der Waals surface area contributed by atoms with Crippen molar-refractivity contribution < 1.29 is 23.7 Å². The summed E-state index contributed by atoms with van der Waals surface area (Å²) < 4.78 is 26.5.